The molecule has 0 aliphatic heterocycles. The number of hydrogen-bond donors (Lipinski definition) is 0. The Balaban J connectivity index is 2.54. The largest absolute Gasteiger partial charge is 0.419 e. The molecule has 0 aliphatic rings. The summed E-state index contributed by atoms with van der Waals surface area (Å²) >= 11 is 5.82. The minimum absolute atomic E-state index is 0.435. The van der Waals surface area contributed by atoms with E-state index in [1.165, 1.54) is 0 Å². The van der Waals surface area contributed by atoms with Crippen LogP contribution in [0.1, 0.15) is 22.1 Å². The Bertz CT molecular complexity index is 665. The molecule has 0 saturated heterocycles. The Morgan fingerprint density at radius 2 is 1.57 bits per heavy atom. The Morgan fingerprint density at radius 3 is 2.19 bits per heavy atom. The van der Waals surface area contributed by atoms with E-state index >= 15 is 0 Å². The molecule has 0 bridgehead atoms. The number of benzene rings is 2. The van der Waals surface area contributed by atoms with Crippen LogP contribution in [0.2, 0.25) is 0 Å². The third kappa shape index (κ3) is 3.15. The van der Waals surface area contributed by atoms with Crippen molar-refractivity contribution in [2.75, 3.05) is 0 Å². The van der Waals surface area contributed by atoms with Gasteiger partial charge in [-0.2, -0.15) is 13.2 Å². The van der Waals surface area contributed by atoms with Gasteiger partial charge in [0.15, 0.2) is 0 Å². The zero-order valence-electron chi connectivity index (χ0n) is 10.2. The van der Waals surface area contributed by atoms with Crippen molar-refractivity contribution in [1.29, 1.82) is 0 Å². The highest BCUT2D eigenvalue weighted by atomic mass is 35.5. The van der Waals surface area contributed by atoms with Gasteiger partial charge in [-0.1, -0.05) is 12.1 Å². The van der Waals surface area contributed by atoms with Crippen LogP contribution in [0.25, 0.3) is 0 Å². The van der Waals surface area contributed by atoms with E-state index in [1.807, 2.05) is 0 Å². The quantitative estimate of drug-likeness (QED) is 0.509. The summed E-state index contributed by atoms with van der Waals surface area (Å²) in [4.78, 5) is 0. The maximum Gasteiger partial charge on any atom is 0.419 e. The van der Waals surface area contributed by atoms with E-state index in [0.717, 1.165) is 24.3 Å². The molecule has 0 aromatic heterocycles. The van der Waals surface area contributed by atoms with Crippen molar-refractivity contribution in [1.82, 2.24) is 0 Å². The molecule has 0 aliphatic carbocycles. The molecule has 7 heteroatoms. The molecular weight excluding hydrogens is 318 g/mol. The van der Waals surface area contributed by atoms with Gasteiger partial charge in [-0.3, -0.25) is 0 Å². The zero-order chi connectivity index (χ0) is 15.8. The molecule has 0 nitrogen and oxygen atoms in total. The van der Waals surface area contributed by atoms with E-state index in [9.17, 15) is 26.3 Å². The summed E-state index contributed by atoms with van der Waals surface area (Å²) in [5, 5.41) is -1.58. The first-order valence-electron chi connectivity index (χ1n) is 5.66. The second-order valence-corrected chi connectivity index (χ2v) is 4.67. The van der Waals surface area contributed by atoms with E-state index in [2.05, 4.69) is 0 Å². The van der Waals surface area contributed by atoms with Gasteiger partial charge < -0.3 is 0 Å². The van der Waals surface area contributed by atoms with Crippen LogP contribution >= 0.6 is 11.6 Å². The van der Waals surface area contributed by atoms with Crippen LogP contribution in [0.4, 0.5) is 26.3 Å². The topological polar surface area (TPSA) is 0 Å². The Kier molecular flexibility index (Phi) is 4.18. The molecule has 0 radical (unpaired) electrons. The minimum Gasteiger partial charge on any atom is -0.207 e. The number of alkyl halides is 4. The lowest BCUT2D eigenvalue weighted by atomic mass is 10.0. The maximum absolute atomic E-state index is 13.9. The summed E-state index contributed by atoms with van der Waals surface area (Å²) < 4.78 is 78.4. The van der Waals surface area contributed by atoms with E-state index in [0.29, 0.717) is 12.1 Å². The molecule has 0 spiro atoms. The highest BCUT2D eigenvalue weighted by Gasteiger charge is 2.36. The van der Waals surface area contributed by atoms with Gasteiger partial charge in [0.05, 0.1) is 10.9 Å². The standard InChI is InChI=1S/C14H7ClF6/c15-12(9-6-7(16)4-5-11(9)17)8-2-1-3-10(13(8)18)14(19,20)21/h1-6,12H. The van der Waals surface area contributed by atoms with Crippen molar-refractivity contribution in [2.45, 2.75) is 11.6 Å². The van der Waals surface area contributed by atoms with Gasteiger partial charge in [-0.05, 0) is 24.3 Å². The molecule has 112 valence electrons. The van der Waals surface area contributed by atoms with Crippen LogP contribution in [-0.2, 0) is 6.18 Å². The number of rotatable bonds is 2. The van der Waals surface area contributed by atoms with Gasteiger partial charge in [0.25, 0.3) is 0 Å². The van der Waals surface area contributed by atoms with Gasteiger partial charge in [-0.15, -0.1) is 11.6 Å². The molecular formula is C14H7ClF6. The summed E-state index contributed by atoms with van der Waals surface area (Å²) in [6.07, 6.45) is -4.91. The fourth-order valence-electron chi connectivity index (χ4n) is 1.84. The molecule has 0 fully saturated rings. The molecule has 2 rings (SSSR count). The van der Waals surface area contributed by atoms with Gasteiger partial charge in [0.1, 0.15) is 17.5 Å². The Morgan fingerprint density at radius 1 is 0.905 bits per heavy atom. The highest BCUT2D eigenvalue weighted by Crippen LogP contribution is 2.38. The van der Waals surface area contributed by atoms with E-state index in [4.69, 9.17) is 11.6 Å². The third-order valence-electron chi connectivity index (χ3n) is 2.84. The average molecular weight is 325 g/mol. The van der Waals surface area contributed by atoms with Gasteiger partial charge in [-0.25, -0.2) is 13.2 Å². The third-order valence-corrected chi connectivity index (χ3v) is 3.31. The monoisotopic (exact) mass is 324 g/mol. The summed E-state index contributed by atoms with van der Waals surface area (Å²) in [6.45, 7) is 0. The average Bonchev–Trinajstić information content (AvgIpc) is 2.39. The van der Waals surface area contributed by atoms with E-state index in [-0.39, 0.29) is 0 Å². The van der Waals surface area contributed by atoms with Crippen LogP contribution in [0.5, 0.6) is 0 Å². The summed E-state index contributed by atoms with van der Waals surface area (Å²) in [6, 6.07) is 4.80. The lowest BCUT2D eigenvalue weighted by Crippen LogP contribution is -2.11. The number of halogens is 7. The summed E-state index contributed by atoms with van der Waals surface area (Å²) in [5.41, 5.74) is -2.52. The molecule has 0 amide bonds. The van der Waals surface area contributed by atoms with Crippen LogP contribution < -0.4 is 0 Å². The van der Waals surface area contributed by atoms with Crippen molar-refractivity contribution in [3.8, 4) is 0 Å². The molecule has 2 aromatic carbocycles. The summed E-state index contributed by atoms with van der Waals surface area (Å²) in [7, 11) is 0. The normalized spacial score (nSPS) is 13.3. The first kappa shape index (κ1) is 15.7. The second kappa shape index (κ2) is 5.60. The van der Waals surface area contributed by atoms with Crippen molar-refractivity contribution < 1.29 is 26.3 Å². The maximum atomic E-state index is 13.9. The van der Waals surface area contributed by atoms with Crippen LogP contribution in [0.15, 0.2) is 36.4 Å². The predicted molar refractivity (Wildman–Crippen MR) is 65.5 cm³/mol. The predicted octanol–water partition coefficient (Wildman–Crippen LogP) is 5.45. The van der Waals surface area contributed by atoms with E-state index in [1.54, 1.807) is 0 Å². The smallest absolute Gasteiger partial charge is 0.207 e. The lowest BCUT2D eigenvalue weighted by Gasteiger charge is -2.15. The lowest BCUT2D eigenvalue weighted by molar-refractivity contribution is -0.140. The number of hydrogen-bond acceptors (Lipinski definition) is 0. The van der Waals surface area contributed by atoms with Crippen molar-refractivity contribution >= 4 is 11.6 Å². The molecule has 0 saturated carbocycles. The Hall–Kier alpha value is -1.69. The van der Waals surface area contributed by atoms with E-state index < -0.39 is 45.7 Å². The van der Waals surface area contributed by atoms with Gasteiger partial charge in [0.2, 0.25) is 0 Å². The van der Waals surface area contributed by atoms with Gasteiger partial charge >= 0.3 is 6.18 Å². The van der Waals surface area contributed by atoms with Crippen LogP contribution in [0, 0.1) is 17.5 Å². The van der Waals surface area contributed by atoms with Crippen LogP contribution in [0.3, 0.4) is 0 Å². The molecule has 0 N–H and O–H groups in total. The first-order valence-corrected chi connectivity index (χ1v) is 6.10. The van der Waals surface area contributed by atoms with Gasteiger partial charge in [0, 0.05) is 11.1 Å². The Labute approximate surface area is 121 Å². The van der Waals surface area contributed by atoms with Crippen molar-refractivity contribution in [2.24, 2.45) is 0 Å². The minimum atomic E-state index is -4.91. The van der Waals surface area contributed by atoms with Crippen LogP contribution in [-0.4, -0.2) is 0 Å². The SMILES string of the molecule is Fc1ccc(F)c(C(Cl)c2cccc(C(F)(F)F)c2F)c1. The van der Waals surface area contributed by atoms with Crippen molar-refractivity contribution in [3.05, 3.63) is 70.5 Å². The summed E-state index contributed by atoms with van der Waals surface area (Å²) in [5.74, 6) is -3.37. The van der Waals surface area contributed by atoms with Crippen molar-refractivity contribution in [3.63, 3.8) is 0 Å². The zero-order valence-corrected chi connectivity index (χ0v) is 10.9. The fraction of sp³-hybridized carbons (Fsp3) is 0.143. The fourth-order valence-corrected chi connectivity index (χ4v) is 2.18. The highest BCUT2D eigenvalue weighted by molar-refractivity contribution is 6.22. The molecule has 0 heterocycles. The molecule has 21 heavy (non-hydrogen) atoms. The molecule has 1 unspecified atom stereocenters. The molecule has 2 aromatic rings. The molecule has 1 atom stereocenters. The second-order valence-electron chi connectivity index (χ2n) is 4.23. The first-order chi connectivity index (χ1) is 9.71.